The maximum atomic E-state index is 3.69. The van der Waals surface area contributed by atoms with Crippen molar-refractivity contribution in [1.29, 1.82) is 0 Å². The fourth-order valence-corrected chi connectivity index (χ4v) is 4.06. The van der Waals surface area contributed by atoms with Gasteiger partial charge in [0.05, 0.1) is 0 Å². The third-order valence-electron chi connectivity index (χ3n) is 4.52. The lowest BCUT2D eigenvalue weighted by Crippen LogP contribution is -2.44. The normalized spacial score (nSPS) is 18.2. The number of hydrogen-bond donors (Lipinski definition) is 1. The summed E-state index contributed by atoms with van der Waals surface area (Å²) in [6.07, 6.45) is 5.62. The first-order valence-electron chi connectivity index (χ1n) is 8.12. The van der Waals surface area contributed by atoms with Crippen molar-refractivity contribution in [3.05, 3.63) is 22.4 Å². The highest BCUT2D eigenvalue weighted by molar-refractivity contribution is 7.09. The van der Waals surface area contributed by atoms with Crippen LogP contribution in [0.1, 0.15) is 51.3 Å². The zero-order valence-corrected chi connectivity index (χ0v) is 14.1. The molecule has 0 aromatic carbocycles. The van der Waals surface area contributed by atoms with Crippen molar-refractivity contribution in [2.24, 2.45) is 5.41 Å². The van der Waals surface area contributed by atoms with Gasteiger partial charge in [-0.3, -0.25) is 4.90 Å². The van der Waals surface area contributed by atoms with Gasteiger partial charge in [-0.25, -0.2) is 0 Å². The summed E-state index contributed by atoms with van der Waals surface area (Å²) in [6.45, 7) is 11.5. The van der Waals surface area contributed by atoms with Crippen molar-refractivity contribution in [3.8, 4) is 0 Å². The van der Waals surface area contributed by atoms with Crippen molar-refractivity contribution < 1.29 is 0 Å². The second-order valence-electron chi connectivity index (χ2n) is 6.63. The van der Waals surface area contributed by atoms with Crippen LogP contribution in [0.2, 0.25) is 0 Å². The quantitative estimate of drug-likeness (QED) is 0.775. The van der Waals surface area contributed by atoms with Crippen LogP contribution in [0.4, 0.5) is 0 Å². The van der Waals surface area contributed by atoms with Gasteiger partial charge in [0.25, 0.3) is 0 Å². The molecule has 1 N–H and O–H groups in total. The van der Waals surface area contributed by atoms with Gasteiger partial charge in [0, 0.05) is 30.6 Å². The van der Waals surface area contributed by atoms with Crippen LogP contribution in [-0.2, 0) is 6.54 Å². The van der Waals surface area contributed by atoms with E-state index in [0.717, 1.165) is 13.1 Å². The van der Waals surface area contributed by atoms with Crippen LogP contribution in [-0.4, -0.2) is 30.6 Å². The molecule has 0 atom stereocenters. The van der Waals surface area contributed by atoms with E-state index in [0.29, 0.717) is 11.5 Å². The molecule has 1 aromatic heterocycles. The maximum Gasteiger partial charge on any atom is 0.0328 e. The molecule has 0 aliphatic heterocycles. The maximum absolute atomic E-state index is 3.69. The highest BCUT2D eigenvalue weighted by Crippen LogP contribution is 2.38. The average Bonchev–Trinajstić information content (AvgIpc) is 3.08. The Labute approximate surface area is 128 Å². The molecular formula is C17H30N2S. The molecule has 1 aliphatic carbocycles. The van der Waals surface area contributed by atoms with Gasteiger partial charge in [0.1, 0.15) is 0 Å². The van der Waals surface area contributed by atoms with Gasteiger partial charge in [0.2, 0.25) is 0 Å². The predicted octanol–water partition coefficient (Wildman–Crippen LogP) is 4.13. The number of nitrogens with zero attached hydrogens (tertiary/aromatic N) is 1. The summed E-state index contributed by atoms with van der Waals surface area (Å²) in [5, 5.41) is 5.88. The van der Waals surface area contributed by atoms with Gasteiger partial charge in [-0.05, 0) is 36.2 Å². The molecule has 1 heterocycles. The summed E-state index contributed by atoms with van der Waals surface area (Å²) in [5.74, 6) is 0. The molecule has 0 radical (unpaired) electrons. The van der Waals surface area contributed by atoms with Crippen LogP contribution in [0.15, 0.2) is 17.5 Å². The van der Waals surface area contributed by atoms with Gasteiger partial charge in [-0.15, -0.1) is 11.3 Å². The van der Waals surface area contributed by atoms with E-state index in [1.54, 1.807) is 0 Å². The van der Waals surface area contributed by atoms with E-state index in [9.17, 15) is 0 Å². The minimum Gasteiger partial charge on any atom is -0.314 e. The highest BCUT2D eigenvalue weighted by atomic mass is 32.1. The monoisotopic (exact) mass is 294 g/mol. The van der Waals surface area contributed by atoms with Crippen molar-refractivity contribution in [1.82, 2.24) is 10.2 Å². The standard InChI is InChI=1S/C17H30N2S/c1-4-19(12-16-8-7-11-20-16)14-17(9-5-6-10-17)13-18-15(2)3/h7-8,11,15,18H,4-6,9-10,12-14H2,1-3H3. The first kappa shape index (κ1) is 16.0. The molecule has 0 unspecified atom stereocenters. The summed E-state index contributed by atoms with van der Waals surface area (Å²) < 4.78 is 0. The van der Waals surface area contributed by atoms with Crippen LogP contribution in [0, 0.1) is 5.41 Å². The lowest BCUT2D eigenvalue weighted by atomic mass is 9.85. The van der Waals surface area contributed by atoms with Gasteiger partial charge >= 0.3 is 0 Å². The van der Waals surface area contributed by atoms with Crippen molar-refractivity contribution in [2.45, 2.75) is 59.0 Å². The molecule has 114 valence electrons. The van der Waals surface area contributed by atoms with E-state index in [1.807, 2.05) is 11.3 Å². The Kier molecular flexibility index (Phi) is 6.06. The minimum absolute atomic E-state index is 0.511. The van der Waals surface area contributed by atoms with E-state index >= 15 is 0 Å². The average molecular weight is 295 g/mol. The summed E-state index contributed by atoms with van der Waals surface area (Å²) in [7, 11) is 0. The molecule has 0 saturated heterocycles. The van der Waals surface area contributed by atoms with Crippen molar-refractivity contribution >= 4 is 11.3 Å². The van der Waals surface area contributed by atoms with E-state index in [1.165, 1.54) is 43.6 Å². The first-order valence-corrected chi connectivity index (χ1v) is 9.00. The predicted molar refractivity (Wildman–Crippen MR) is 89.3 cm³/mol. The Bertz CT molecular complexity index is 366. The van der Waals surface area contributed by atoms with Crippen LogP contribution < -0.4 is 5.32 Å². The highest BCUT2D eigenvalue weighted by Gasteiger charge is 2.35. The van der Waals surface area contributed by atoms with Gasteiger partial charge in [0.15, 0.2) is 0 Å². The molecule has 1 fully saturated rings. The molecule has 0 amide bonds. The number of thiophene rings is 1. The Morgan fingerprint density at radius 2 is 2.10 bits per heavy atom. The molecule has 2 nitrogen and oxygen atoms in total. The lowest BCUT2D eigenvalue weighted by Gasteiger charge is -2.36. The third kappa shape index (κ3) is 4.57. The number of hydrogen-bond acceptors (Lipinski definition) is 3. The summed E-state index contributed by atoms with van der Waals surface area (Å²) in [6, 6.07) is 5.03. The van der Waals surface area contributed by atoms with Gasteiger partial charge in [-0.1, -0.05) is 39.7 Å². The molecular weight excluding hydrogens is 264 g/mol. The van der Waals surface area contributed by atoms with Crippen LogP contribution in [0.5, 0.6) is 0 Å². The Hall–Kier alpha value is -0.380. The van der Waals surface area contributed by atoms with E-state index < -0.39 is 0 Å². The topological polar surface area (TPSA) is 15.3 Å². The summed E-state index contributed by atoms with van der Waals surface area (Å²) in [5.41, 5.74) is 0.511. The molecule has 20 heavy (non-hydrogen) atoms. The van der Waals surface area contributed by atoms with Crippen LogP contribution in [0.25, 0.3) is 0 Å². The first-order chi connectivity index (χ1) is 9.63. The second-order valence-corrected chi connectivity index (χ2v) is 7.66. The zero-order valence-electron chi connectivity index (χ0n) is 13.3. The van der Waals surface area contributed by atoms with Crippen LogP contribution >= 0.6 is 11.3 Å². The number of rotatable bonds is 8. The second kappa shape index (κ2) is 7.58. The summed E-state index contributed by atoms with van der Waals surface area (Å²) >= 11 is 1.88. The molecule has 3 heteroatoms. The zero-order chi connectivity index (χ0) is 14.4. The summed E-state index contributed by atoms with van der Waals surface area (Å²) in [4.78, 5) is 4.14. The number of nitrogens with one attached hydrogen (secondary N) is 1. The van der Waals surface area contributed by atoms with Crippen LogP contribution in [0.3, 0.4) is 0 Å². The fraction of sp³-hybridized carbons (Fsp3) is 0.765. The smallest absolute Gasteiger partial charge is 0.0328 e. The minimum atomic E-state index is 0.511. The van der Waals surface area contributed by atoms with Gasteiger partial charge < -0.3 is 5.32 Å². The van der Waals surface area contributed by atoms with E-state index in [2.05, 4.69) is 48.5 Å². The molecule has 1 saturated carbocycles. The SMILES string of the molecule is CCN(Cc1cccs1)CC1(CNC(C)C)CCCC1. The van der Waals surface area contributed by atoms with Crippen molar-refractivity contribution in [2.75, 3.05) is 19.6 Å². The Morgan fingerprint density at radius 3 is 2.65 bits per heavy atom. The van der Waals surface area contributed by atoms with Gasteiger partial charge in [-0.2, -0.15) is 0 Å². The molecule has 1 aliphatic rings. The molecule has 1 aromatic rings. The van der Waals surface area contributed by atoms with Crippen molar-refractivity contribution in [3.63, 3.8) is 0 Å². The molecule has 2 rings (SSSR count). The molecule has 0 bridgehead atoms. The lowest BCUT2D eigenvalue weighted by molar-refractivity contribution is 0.146. The Balaban J connectivity index is 1.94. The largest absolute Gasteiger partial charge is 0.314 e. The van der Waals surface area contributed by atoms with E-state index in [-0.39, 0.29) is 0 Å². The van der Waals surface area contributed by atoms with E-state index in [4.69, 9.17) is 0 Å². The third-order valence-corrected chi connectivity index (χ3v) is 5.38. The fourth-order valence-electron chi connectivity index (χ4n) is 3.31. The molecule has 0 spiro atoms. The Morgan fingerprint density at radius 1 is 1.35 bits per heavy atom.